The first-order chi connectivity index (χ1) is 6.77. The molecule has 1 N–H and O–H groups in total. The van der Waals surface area contributed by atoms with Gasteiger partial charge in [-0.2, -0.15) is 0 Å². The van der Waals surface area contributed by atoms with Gasteiger partial charge in [-0.1, -0.05) is 0 Å². The fraction of sp³-hybridized carbons (Fsp3) is 0.182. The first-order valence-corrected chi connectivity index (χ1v) is 5.33. The van der Waals surface area contributed by atoms with Gasteiger partial charge in [-0.05, 0) is 0 Å². The van der Waals surface area contributed by atoms with Crippen molar-refractivity contribution >= 4 is 5.97 Å². The molecule has 0 saturated heterocycles. The Hall–Kier alpha value is -1.08. The van der Waals surface area contributed by atoms with Crippen molar-refractivity contribution in [3.63, 3.8) is 0 Å². The van der Waals surface area contributed by atoms with E-state index in [4.69, 9.17) is 5.11 Å². The summed E-state index contributed by atoms with van der Waals surface area (Å²) in [5.74, 6) is -0.821. The van der Waals surface area contributed by atoms with Gasteiger partial charge in [0.05, 0.1) is 0 Å². The Kier molecular flexibility index (Phi) is 2.69. The number of rotatable bonds is 3. The quantitative estimate of drug-likeness (QED) is 0.758. The van der Waals surface area contributed by atoms with Crippen LogP contribution in [0.3, 0.4) is 0 Å². The van der Waals surface area contributed by atoms with E-state index in [-0.39, 0.29) is 0 Å². The van der Waals surface area contributed by atoms with Crippen LogP contribution >= 0.6 is 0 Å². The molecule has 0 saturated carbocycles. The summed E-state index contributed by atoms with van der Waals surface area (Å²) in [6.45, 7) is 0. The molecule has 2 rings (SSSR count). The summed E-state index contributed by atoms with van der Waals surface area (Å²) in [4.78, 5) is 10.8. The van der Waals surface area contributed by atoms with E-state index in [1.54, 1.807) is 6.08 Å². The van der Waals surface area contributed by atoms with Gasteiger partial charge in [0.15, 0.2) is 0 Å². The van der Waals surface area contributed by atoms with Gasteiger partial charge in [0.25, 0.3) is 0 Å². The third kappa shape index (κ3) is 1.88. The molecule has 14 heavy (non-hydrogen) atoms. The van der Waals surface area contributed by atoms with Crippen molar-refractivity contribution in [2.24, 2.45) is 0 Å². The molecule has 0 radical (unpaired) electrons. The van der Waals surface area contributed by atoms with Crippen molar-refractivity contribution in [1.29, 1.82) is 0 Å². The zero-order valence-electron chi connectivity index (χ0n) is 7.47. The normalized spacial score (nSPS) is 19.6. The molecule has 0 unspecified atom stereocenters. The standard InChI is InChI=1S/C6H5O2.C5H5.Ni/c7-6(8)5-3-1-2-4-5;1-2-4-5-3-1;/h1,3H,2H2,(H,7,8);1-3H,4H2;. The number of carbonyl (C=O) groups is 1. The zero-order valence-corrected chi connectivity index (χ0v) is 8.46. The maximum atomic E-state index is 10.8. The predicted octanol–water partition coefficient (Wildman–Crippen LogP) is 2.21. The fourth-order valence-corrected chi connectivity index (χ4v) is 2.63. The van der Waals surface area contributed by atoms with Gasteiger partial charge in [0, 0.05) is 0 Å². The molecule has 76 valence electrons. The summed E-state index contributed by atoms with van der Waals surface area (Å²) in [5, 5.41) is 8.90. The summed E-state index contributed by atoms with van der Waals surface area (Å²) in [6.07, 6.45) is 11.4. The Morgan fingerprint density at radius 2 is 2.21 bits per heavy atom. The number of carboxylic acid groups (broad SMARTS) is 1. The molecule has 0 aromatic heterocycles. The third-order valence-corrected chi connectivity index (χ3v) is 3.42. The van der Waals surface area contributed by atoms with E-state index < -0.39 is 5.97 Å². The maximum absolute atomic E-state index is 10.8. The summed E-state index contributed by atoms with van der Waals surface area (Å²) >= 11 is 1.39. The zero-order chi connectivity index (χ0) is 9.97. The summed E-state index contributed by atoms with van der Waals surface area (Å²) in [6, 6.07) is 0. The molecule has 0 aromatic rings. The van der Waals surface area contributed by atoms with E-state index in [2.05, 4.69) is 6.08 Å². The van der Waals surface area contributed by atoms with Crippen LogP contribution < -0.4 is 0 Å². The van der Waals surface area contributed by atoms with Gasteiger partial charge in [-0.25, -0.2) is 0 Å². The minimum absolute atomic E-state index is 0.456. The van der Waals surface area contributed by atoms with Crippen LogP contribution in [0.15, 0.2) is 45.0 Å². The van der Waals surface area contributed by atoms with Gasteiger partial charge >= 0.3 is 88.2 Å². The molecular formula is C11H10NiO2. The summed E-state index contributed by atoms with van der Waals surface area (Å²) in [7, 11) is 0. The molecule has 0 heterocycles. The van der Waals surface area contributed by atoms with Crippen LogP contribution in [0.4, 0.5) is 0 Å². The number of aliphatic carboxylic acids is 1. The van der Waals surface area contributed by atoms with Gasteiger partial charge in [0.2, 0.25) is 0 Å². The number of carboxylic acids is 1. The first kappa shape index (κ1) is 9.48. The summed E-state index contributed by atoms with van der Waals surface area (Å²) in [5.41, 5.74) is 0.456. The number of hydrogen-bond acceptors (Lipinski definition) is 1. The van der Waals surface area contributed by atoms with Crippen LogP contribution in [0.1, 0.15) is 12.8 Å². The molecule has 2 nitrogen and oxygen atoms in total. The molecule has 0 atom stereocenters. The van der Waals surface area contributed by atoms with Gasteiger partial charge in [-0.15, -0.1) is 0 Å². The second-order valence-corrected chi connectivity index (χ2v) is 4.46. The van der Waals surface area contributed by atoms with Crippen molar-refractivity contribution in [1.82, 2.24) is 0 Å². The van der Waals surface area contributed by atoms with Gasteiger partial charge < -0.3 is 0 Å². The number of hydrogen-bond donors (Lipinski definition) is 1. The molecule has 0 spiro atoms. The van der Waals surface area contributed by atoms with Crippen LogP contribution in [0, 0.1) is 0 Å². The molecule has 0 aliphatic heterocycles. The fourth-order valence-electron chi connectivity index (χ4n) is 1.31. The van der Waals surface area contributed by atoms with E-state index in [0.29, 0.717) is 5.57 Å². The van der Waals surface area contributed by atoms with Crippen LogP contribution in [-0.4, -0.2) is 11.1 Å². The average Bonchev–Trinajstić information content (AvgIpc) is 2.75. The van der Waals surface area contributed by atoms with E-state index in [9.17, 15) is 4.79 Å². The molecule has 0 bridgehead atoms. The van der Waals surface area contributed by atoms with Crippen molar-refractivity contribution in [3.8, 4) is 0 Å². The first-order valence-electron chi connectivity index (χ1n) is 4.34. The molecule has 2 aliphatic carbocycles. The van der Waals surface area contributed by atoms with Crippen molar-refractivity contribution in [2.45, 2.75) is 12.8 Å². The molecular weight excluding hydrogens is 223 g/mol. The van der Waals surface area contributed by atoms with E-state index >= 15 is 0 Å². The Labute approximate surface area is 88.5 Å². The molecule has 0 fully saturated rings. The van der Waals surface area contributed by atoms with E-state index in [0.717, 1.165) is 17.4 Å². The molecule has 2 aliphatic rings. The molecule has 0 aromatic carbocycles. The third-order valence-electron chi connectivity index (χ3n) is 1.98. The van der Waals surface area contributed by atoms with Crippen molar-refractivity contribution in [2.75, 3.05) is 0 Å². The van der Waals surface area contributed by atoms with Gasteiger partial charge in [-0.3, -0.25) is 0 Å². The monoisotopic (exact) mass is 232 g/mol. The second-order valence-electron chi connectivity index (χ2n) is 2.98. The van der Waals surface area contributed by atoms with Crippen LogP contribution in [0.25, 0.3) is 0 Å². The Morgan fingerprint density at radius 3 is 2.86 bits per heavy atom. The minimum atomic E-state index is -0.821. The SMILES string of the molecule is O=C(O)C1=[C]([Ni][C]2=CC=CC2)CC=C1. The van der Waals surface area contributed by atoms with Crippen molar-refractivity contribution < 1.29 is 24.3 Å². The summed E-state index contributed by atoms with van der Waals surface area (Å²) < 4.78 is 2.22. The van der Waals surface area contributed by atoms with E-state index in [1.165, 1.54) is 19.0 Å². The van der Waals surface area contributed by atoms with Crippen LogP contribution in [0.5, 0.6) is 0 Å². The van der Waals surface area contributed by atoms with Crippen LogP contribution in [0.2, 0.25) is 0 Å². The average molecular weight is 233 g/mol. The Balaban J connectivity index is 2.11. The number of allylic oxidation sites excluding steroid dienone is 6. The Morgan fingerprint density at radius 1 is 1.36 bits per heavy atom. The van der Waals surface area contributed by atoms with E-state index in [1.807, 2.05) is 18.2 Å². The Bertz CT molecular complexity index is 386. The topological polar surface area (TPSA) is 37.3 Å². The molecule has 0 amide bonds. The van der Waals surface area contributed by atoms with Crippen molar-refractivity contribution in [3.05, 3.63) is 45.0 Å². The molecule has 3 heteroatoms. The van der Waals surface area contributed by atoms with Gasteiger partial charge in [0.1, 0.15) is 0 Å². The van der Waals surface area contributed by atoms with Crippen LogP contribution in [-0.2, 0) is 19.2 Å². The second kappa shape index (κ2) is 3.97. The predicted molar refractivity (Wildman–Crippen MR) is 50.3 cm³/mol.